The lowest BCUT2D eigenvalue weighted by molar-refractivity contribution is -0.286. The van der Waals surface area contributed by atoms with Crippen LogP contribution in [0.5, 0.6) is 5.75 Å². The highest BCUT2D eigenvalue weighted by Gasteiger charge is 2.48. The number of carboxylic acids is 1. The van der Waals surface area contributed by atoms with E-state index in [1.165, 1.54) is 6.07 Å². The Kier molecular flexibility index (Phi) is 8.55. The molecule has 0 radical (unpaired) electrons. The van der Waals surface area contributed by atoms with Crippen LogP contribution >= 0.6 is 0 Å². The molecular weight excluding hydrogens is 599 g/mol. The smallest absolute Gasteiger partial charge is 0.416 e. The fourth-order valence-corrected chi connectivity index (χ4v) is 6.85. The average molecular weight is 634 g/mol. The SMILES string of the molecule is O=C(C[C@@H]1CCc2c1[nH]c1ccc(OCc3ccc(C4CCCC4)c(C(F)(F)F)c3)cc21)O[C@H]1O[C@H](C(=O)O)[C@@H](O)[C@H](O)[C@H]1O. The minimum absolute atomic E-state index is 0.0375. The van der Waals surface area contributed by atoms with Crippen LogP contribution in [0.2, 0.25) is 0 Å². The number of aliphatic carboxylic acids is 1. The number of benzene rings is 2. The third kappa shape index (κ3) is 6.26. The van der Waals surface area contributed by atoms with Crippen molar-refractivity contribution in [3.05, 3.63) is 64.3 Å². The molecule has 0 spiro atoms. The molecule has 1 saturated heterocycles. The summed E-state index contributed by atoms with van der Waals surface area (Å²) in [5.74, 6) is -2.24. The van der Waals surface area contributed by atoms with E-state index >= 15 is 0 Å². The van der Waals surface area contributed by atoms with Gasteiger partial charge in [-0.05, 0) is 72.6 Å². The summed E-state index contributed by atoms with van der Waals surface area (Å²) >= 11 is 0. The van der Waals surface area contributed by atoms with Crippen LogP contribution in [0, 0.1) is 0 Å². The van der Waals surface area contributed by atoms with Gasteiger partial charge in [0.15, 0.2) is 6.10 Å². The largest absolute Gasteiger partial charge is 0.489 e. The molecule has 1 saturated carbocycles. The number of nitrogens with one attached hydrogen (secondary N) is 1. The molecule has 0 amide bonds. The van der Waals surface area contributed by atoms with E-state index in [4.69, 9.17) is 14.2 Å². The highest BCUT2D eigenvalue weighted by Crippen LogP contribution is 2.43. The molecule has 0 bridgehead atoms. The number of esters is 1. The van der Waals surface area contributed by atoms with E-state index in [0.717, 1.165) is 47.8 Å². The van der Waals surface area contributed by atoms with Gasteiger partial charge in [-0.15, -0.1) is 0 Å². The van der Waals surface area contributed by atoms with Gasteiger partial charge in [-0.2, -0.15) is 13.2 Å². The van der Waals surface area contributed by atoms with Gasteiger partial charge >= 0.3 is 18.1 Å². The van der Waals surface area contributed by atoms with Crippen LogP contribution in [0.15, 0.2) is 36.4 Å². The Labute approximate surface area is 255 Å². The van der Waals surface area contributed by atoms with Gasteiger partial charge in [0.2, 0.25) is 6.29 Å². The van der Waals surface area contributed by atoms with Crippen LogP contribution in [0.1, 0.15) is 78.3 Å². The number of hydrogen-bond donors (Lipinski definition) is 5. The van der Waals surface area contributed by atoms with Crippen molar-refractivity contribution in [2.24, 2.45) is 0 Å². The predicted molar refractivity (Wildman–Crippen MR) is 151 cm³/mol. The van der Waals surface area contributed by atoms with Crippen molar-refractivity contribution < 1.29 is 57.4 Å². The van der Waals surface area contributed by atoms with Crippen molar-refractivity contribution in [1.29, 1.82) is 0 Å². The number of carboxylic acid groups (broad SMARTS) is 1. The van der Waals surface area contributed by atoms with Crippen molar-refractivity contribution in [2.75, 3.05) is 0 Å². The maximum atomic E-state index is 13.9. The topological polar surface area (TPSA) is 159 Å². The molecule has 5 N–H and O–H groups in total. The number of ether oxygens (including phenoxy) is 3. The number of alkyl halides is 3. The van der Waals surface area contributed by atoms with Crippen molar-refractivity contribution in [3.8, 4) is 5.75 Å². The number of aliphatic hydroxyl groups excluding tert-OH is 3. The quantitative estimate of drug-likeness (QED) is 0.228. The molecule has 1 aromatic heterocycles. The first-order valence-corrected chi connectivity index (χ1v) is 15.0. The number of aliphatic hydroxyl groups is 3. The number of fused-ring (bicyclic) bond motifs is 3. The van der Waals surface area contributed by atoms with E-state index in [2.05, 4.69) is 4.98 Å². The van der Waals surface area contributed by atoms with E-state index in [9.17, 15) is 43.2 Å². The Morgan fingerprint density at radius 3 is 2.44 bits per heavy atom. The average Bonchev–Trinajstić information content (AvgIpc) is 3.74. The van der Waals surface area contributed by atoms with E-state index in [1.807, 2.05) is 6.07 Å². The first kappa shape index (κ1) is 31.3. The first-order chi connectivity index (χ1) is 21.4. The molecule has 3 aliphatic rings. The number of carbonyl (C=O) groups is 2. The van der Waals surface area contributed by atoms with Crippen molar-refractivity contribution >= 4 is 22.8 Å². The fourth-order valence-electron chi connectivity index (χ4n) is 6.85. The molecule has 2 heterocycles. The highest BCUT2D eigenvalue weighted by molar-refractivity contribution is 5.87. The Morgan fingerprint density at radius 1 is 0.978 bits per heavy atom. The zero-order valence-corrected chi connectivity index (χ0v) is 24.1. The number of aryl methyl sites for hydroxylation is 1. The van der Waals surface area contributed by atoms with E-state index in [-0.39, 0.29) is 24.9 Å². The molecule has 1 aliphatic heterocycles. The van der Waals surface area contributed by atoms with Crippen molar-refractivity contribution in [2.45, 2.75) is 100 Å². The molecule has 6 rings (SSSR count). The second-order valence-electron chi connectivity index (χ2n) is 12.1. The van der Waals surface area contributed by atoms with Gasteiger partial charge in [-0.25, -0.2) is 4.79 Å². The molecule has 2 aromatic carbocycles. The standard InChI is InChI=1S/C32H34F3NO9/c33-32(34,35)22-11-15(5-8-19(22)16-3-1-2-4-16)14-43-18-7-10-23-21(13-18)20-9-6-17(25(20)36-23)12-24(37)44-31-28(40)26(38)27(39)29(45-31)30(41)42/h5,7-8,10-11,13,16-17,26-29,31,36,38-40H,1-4,6,9,12,14H2,(H,41,42)/t17-,26-,27-,28+,29-,31-/m0/s1. The lowest BCUT2D eigenvalue weighted by atomic mass is 9.91. The summed E-state index contributed by atoms with van der Waals surface area (Å²) in [6.07, 6.45) is -9.21. The third-order valence-corrected chi connectivity index (χ3v) is 9.16. The zero-order valence-electron chi connectivity index (χ0n) is 24.1. The molecule has 242 valence electrons. The Hall–Kier alpha value is -3.65. The third-order valence-electron chi connectivity index (χ3n) is 9.16. The molecule has 0 unspecified atom stereocenters. The molecular formula is C32H34F3NO9. The number of aromatic nitrogens is 1. The Bertz CT molecular complexity index is 1580. The van der Waals surface area contributed by atoms with Gasteiger partial charge in [0.1, 0.15) is 30.7 Å². The van der Waals surface area contributed by atoms with Crippen LogP contribution in [-0.4, -0.2) is 68.1 Å². The summed E-state index contributed by atoms with van der Waals surface area (Å²) in [4.78, 5) is 27.4. The first-order valence-electron chi connectivity index (χ1n) is 15.0. The van der Waals surface area contributed by atoms with E-state index < -0.39 is 54.4 Å². The number of halogens is 3. The summed E-state index contributed by atoms with van der Waals surface area (Å²) in [5.41, 5.74) is 2.74. The van der Waals surface area contributed by atoms with Gasteiger partial charge in [0.05, 0.1) is 12.0 Å². The normalized spacial score (nSPS) is 27.1. The Balaban J connectivity index is 1.12. The lowest BCUT2D eigenvalue weighted by Crippen LogP contribution is -2.60. The second-order valence-corrected chi connectivity index (χ2v) is 12.1. The monoisotopic (exact) mass is 633 g/mol. The van der Waals surface area contributed by atoms with Crippen LogP contribution in [0.4, 0.5) is 13.2 Å². The number of H-pyrrole nitrogens is 1. The van der Waals surface area contributed by atoms with Gasteiger partial charge < -0.3 is 39.6 Å². The zero-order chi connectivity index (χ0) is 32.0. The number of aromatic amines is 1. The van der Waals surface area contributed by atoms with Crippen LogP contribution < -0.4 is 4.74 Å². The summed E-state index contributed by atoms with van der Waals surface area (Å²) in [7, 11) is 0. The maximum absolute atomic E-state index is 13.9. The number of rotatable bonds is 8. The van der Waals surface area contributed by atoms with E-state index in [0.29, 0.717) is 29.7 Å². The van der Waals surface area contributed by atoms with Crippen molar-refractivity contribution in [1.82, 2.24) is 4.98 Å². The van der Waals surface area contributed by atoms with Gasteiger partial charge in [-0.1, -0.05) is 25.0 Å². The van der Waals surface area contributed by atoms with Crippen LogP contribution in [-0.2, 0) is 38.3 Å². The summed E-state index contributed by atoms with van der Waals surface area (Å²) in [6.45, 7) is -0.0375. The van der Waals surface area contributed by atoms with Gasteiger partial charge in [-0.3, -0.25) is 4.79 Å². The number of carbonyl (C=O) groups excluding carboxylic acids is 1. The fraction of sp³-hybridized carbons (Fsp3) is 0.500. The van der Waals surface area contributed by atoms with Crippen LogP contribution in [0.25, 0.3) is 10.9 Å². The minimum atomic E-state index is -4.45. The summed E-state index contributed by atoms with van der Waals surface area (Å²) in [6, 6.07) is 9.80. The molecule has 3 aromatic rings. The summed E-state index contributed by atoms with van der Waals surface area (Å²) in [5, 5.41) is 40.0. The van der Waals surface area contributed by atoms with Crippen molar-refractivity contribution in [3.63, 3.8) is 0 Å². The maximum Gasteiger partial charge on any atom is 0.416 e. The lowest BCUT2D eigenvalue weighted by Gasteiger charge is -2.38. The van der Waals surface area contributed by atoms with Crippen LogP contribution in [0.3, 0.4) is 0 Å². The van der Waals surface area contributed by atoms with Gasteiger partial charge in [0, 0.05) is 22.5 Å². The second kappa shape index (κ2) is 12.3. The molecule has 13 heteroatoms. The summed E-state index contributed by atoms with van der Waals surface area (Å²) < 4.78 is 57.8. The molecule has 45 heavy (non-hydrogen) atoms. The molecule has 6 atom stereocenters. The molecule has 10 nitrogen and oxygen atoms in total. The minimum Gasteiger partial charge on any atom is -0.489 e. The predicted octanol–water partition coefficient (Wildman–Crippen LogP) is 4.28. The molecule has 2 fully saturated rings. The Morgan fingerprint density at radius 2 is 1.73 bits per heavy atom. The highest BCUT2D eigenvalue weighted by atomic mass is 19.4. The van der Waals surface area contributed by atoms with Gasteiger partial charge in [0.25, 0.3) is 0 Å². The van der Waals surface area contributed by atoms with E-state index in [1.54, 1.807) is 24.3 Å². The number of hydrogen-bond acceptors (Lipinski definition) is 8. The molecule has 2 aliphatic carbocycles.